The summed E-state index contributed by atoms with van der Waals surface area (Å²) in [6.07, 6.45) is -0.587. The van der Waals surface area contributed by atoms with E-state index in [0.717, 1.165) is 16.5 Å². The van der Waals surface area contributed by atoms with E-state index in [1.54, 1.807) is 6.07 Å². The Hall–Kier alpha value is -2.79. The third kappa shape index (κ3) is 3.75. The first-order chi connectivity index (χ1) is 11.6. The third-order valence-corrected chi connectivity index (χ3v) is 4.11. The Kier molecular flexibility index (Phi) is 4.82. The molecule has 0 radical (unpaired) electrons. The molecule has 0 saturated heterocycles. The number of benzene rings is 2. The van der Waals surface area contributed by atoms with Crippen molar-refractivity contribution in [1.82, 2.24) is 4.98 Å². The van der Waals surface area contributed by atoms with Crippen molar-refractivity contribution in [2.75, 3.05) is 6.54 Å². The predicted molar refractivity (Wildman–Crippen MR) is 92.4 cm³/mol. The molecule has 1 heterocycles. The van der Waals surface area contributed by atoms with Crippen LogP contribution in [0.1, 0.15) is 29.7 Å². The van der Waals surface area contributed by atoms with Crippen LogP contribution >= 0.6 is 0 Å². The van der Waals surface area contributed by atoms with E-state index in [1.807, 2.05) is 60.7 Å². The fourth-order valence-electron chi connectivity index (χ4n) is 2.88. The molecular formula is C19H18N2O3. The number of hydrogen-bond acceptors (Lipinski definition) is 4. The van der Waals surface area contributed by atoms with Gasteiger partial charge in [0.1, 0.15) is 0 Å². The van der Waals surface area contributed by atoms with Gasteiger partial charge in [-0.15, -0.1) is 0 Å². The van der Waals surface area contributed by atoms with Crippen LogP contribution in [0.25, 0.3) is 10.9 Å². The Balaban J connectivity index is 1.83. The lowest BCUT2D eigenvalue weighted by molar-refractivity contribution is -0.483. The Bertz CT molecular complexity index is 836. The van der Waals surface area contributed by atoms with Gasteiger partial charge >= 0.3 is 0 Å². The number of aliphatic hydroxyl groups is 1. The molecule has 0 fully saturated rings. The second-order valence-corrected chi connectivity index (χ2v) is 5.80. The van der Waals surface area contributed by atoms with Crippen molar-refractivity contribution in [2.24, 2.45) is 0 Å². The molecule has 0 saturated carbocycles. The van der Waals surface area contributed by atoms with Crippen molar-refractivity contribution in [2.45, 2.75) is 18.4 Å². The van der Waals surface area contributed by atoms with Crippen molar-refractivity contribution in [3.05, 3.63) is 88.1 Å². The van der Waals surface area contributed by atoms with E-state index in [2.05, 4.69) is 4.98 Å². The lowest BCUT2D eigenvalue weighted by Gasteiger charge is -2.17. The lowest BCUT2D eigenvalue weighted by atomic mass is 9.92. The van der Waals surface area contributed by atoms with E-state index in [9.17, 15) is 15.2 Å². The van der Waals surface area contributed by atoms with Crippen LogP contribution in [0.4, 0.5) is 0 Å². The summed E-state index contributed by atoms with van der Waals surface area (Å²) in [5.41, 5.74) is 2.20. The van der Waals surface area contributed by atoms with Gasteiger partial charge in [0.15, 0.2) is 0 Å². The fraction of sp³-hybridized carbons (Fsp3) is 0.211. The first-order valence-corrected chi connectivity index (χ1v) is 7.84. The van der Waals surface area contributed by atoms with Crippen LogP contribution in [0.3, 0.4) is 0 Å². The molecule has 0 aliphatic heterocycles. The zero-order valence-corrected chi connectivity index (χ0v) is 13.1. The molecule has 24 heavy (non-hydrogen) atoms. The van der Waals surface area contributed by atoms with Crippen molar-refractivity contribution >= 4 is 10.9 Å². The summed E-state index contributed by atoms with van der Waals surface area (Å²) in [5, 5.41) is 22.5. The average molecular weight is 322 g/mol. The van der Waals surface area contributed by atoms with Gasteiger partial charge in [-0.05, 0) is 24.1 Å². The number of hydrogen-bond donors (Lipinski definition) is 1. The first-order valence-electron chi connectivity index (χ1n) is 7.84. The van der Waals surface area contributed by atoms with E-state index >= 15 is 0 Å². The van der Waals surface area contributed by atoms with Gasteiger partial charge in [0.25, 0.3) is 0 Å². The first kappa shape index (κ1) is 16.1. The number of nitrogens with zero attached hydrogens (tertiary/aromatic N) is 2. The SMILES string of the molecule is O=[N+]([O-])C[C@H](C[C@@H](O)c1ccc2ccccc2n1)c1ccccc1. The Morgan fingerprint density at radius 3 is 2.46 bits per heavy atom. The van der Waals surface area contributed by atoms with Crippen molar-refractivity contribution < 1.29 is 10.0 Å². The normalized spacial score (nSPS) is 13.5. The lowest BCUT2D eigenvalue weighted by Crippen LogP contribution is -2.16. The molecule has 0 unspecified atom stereocenters. The third-order valence-electron chi connectivity index (χ3n) is 4.11. The van der Waals surface area contributed by atoms with Crippen LogP contribution in [-0.4, -0.2) is 21.6 Å². The molecule has 0 aliphatic rings. The van der Waals surface area contributed by atoms with Crippen molar-refractivity contribution in [1.29, 1.82) is 0 Å². The minimum absolute atomic E-state index is 0.214. The summed E-state index contributed by atoms with van der Waals surface area (Å²) < 4.78 is 0. The van der Waals surface area contributed by atoms with Gasteiger partial charge in [0.2, 0.25) is 6.54 Å². The quantitative estimate of drug-likeness (QED) is 0.554. The Morgan fingerprint density at radius 2 is 1.71 bits per heavy atom. The van der Waals surface area contributed by atoms with Crippen LogP contribution < -0.4 is 0 Å². The summed E-state index contributed by atoms with van der Waals surface area (Å²) in [6.45, 7) is -0.214. The number of nitro groups is 1. The Morgan fingerprint density at radius 1 is 1.00 bits per heavy atom. The highest BCUT2D eigenvalue weighted by atomic mass is 16.6. The Labute approximate surface area is 139 Å². The van der Waals surface area contributed by atoms with Crippen LogP contribution in [-0.2, 0) is 0 Å². The molecule has 5 heteroatoms. The van der Waals surface area contributed by atoms with E-state index < -0.39 is 6.10 Å². The molecule has 1 N–H and O–H groups in total. The fourth-order valence-corrected chi connectivity index (χ4v) is 2.88. The number of aromatic nitrogens is 1. The molecule has 122 valence electrons. The van der Waals surface area contributed by atoms with E-state index in [0.29, 0.717) is 5.69 Å². The van der Waals surface area contributed by atoms with Gasteiger partial charge in [-0.2, -0.15) is 0 Å². The number of aliphatic hydroxyl groups excluding tert-OH is 1. The average Bonchev–Trinajstić information content (AvgIpc) is 2.61. The smallest absolute Gasteiger partial charge is 0.210 e. The molecule has 5 nitrogen and oxygen atoms in total. The molecule has 1 aromatic heterocycles. The molecule has 0 spiro atoms. The molecular weight excluding hydrogens is 304 g/mol. The van der Waals surface area contributed by atoms with E-state index in [4.69, 9.17) is 0 Å². The van der Waals surface area contributed by atoms with Gasteiger partial charge in [-0.1, -0.05) is 54.6 Å². The van der Waals surface area contributed by atoms with Gasteiger partial charge in [0.05, 0.1) is 23.2 Å². The van der Waals surface area contributed by atoms with Crippen molar-refractivity contribution in [3.8, 4) is 0 Å². The zero-order chi connectivity index (χ0) is 16.9. The maximum absolute atomic E-state index is 11.0. The van der Waals surface area contributed by atoms with Gasteiger partial charge in [-0.3, -0.25) is 15.1 Å². The summed E-state index contributed by atoms with van der Waals surface area (Å²) >= 11 is 0. The monoisotopic (exact) mass is 322 g/mol. The minimum atomic E-state index is -0.847. The van der Waals surface area contributed by atoms with Gasteiger partial charge in [0, 0.05) is 10.3 Å². The van der Waals surface area contributed by atoms with Crippen LogP contribution in [0.5, 0.6) is 0 Å². The second-order valence-electron chi connectivity index (χ2n) is 5.80. The standard InChI is InChI=1S/C19H18N2O3/c22-19(18-11-10-15-8-4-5-9-17(15)20-18)12-16(13-21(23)24)14-6-2-1-3-7-14/h1-11,16,19,22H,12-13H2/t16-,19+/m0/s1. The zero-order valence-electron chi connectivity index (χ0n) is 13.1. The topological polar surface area (TPSA) is 76.3 Å². The molecule has 0 amide bonds. The minimum Gasteiger partial charge on any atom is -0.387 e. The second kappa shape index (κ2) is 7.19. The molecule has 0 bridgehead atoms. The van der Waals surface area contributed by atoms with Crippen LogP contribution in [0.2, 0.25) is 0 Å². The highest BCUT2D eigenvalue weighted by Gasteiger charge is 2.23. The predicted octanol–water partition coefficient (Wildman–Crippen LogP) is 3.72. The van der Waals surface area contributed by atoms with Gasteiger partial charge < -0.3 is 5.11 Å². The highest BCUT2D eigenvalue weighted by molar-refractivity contribution is 5.78. The number of pyridine rings is 1. The highest BCUT2D eigenvalue weighted by Crippen LogP contribution is 2.28. The maximum atomic E-state index is 11.0. The molecule has 0 aliphatic carbocycles. The molecule has 2 atom stereocenters. The molecule has 3 aromatic rings. The summed E-state index contributed by atoms with van der Waals surface area (Å²) in [6, 6.07) is 20.6. The summed E-state index contributed by atoms with van der Waals surface area (Å²) in [7, 11) is 0. The summed E-state index contributed by atoms with van der Waals surface area (Å²) in [4.78, 5) is 15.1. The number of fused-ring (bicyclic) bond motifs is 1. The largest absolute Gasteiger partial charge is 0.387 e. The van der Waals surface area contributed by atoms with Crippen molar-refractivity contribution in [3.63, 3.8) is 0 Å². The summed E-state index contributed by atoms with van der Waals surface area (Å²) in [5.74, 6) is -0.357. The number of para-hydroxylation sites is 1. The van der Waals surface area contributed by atoms with E-state index in [-0.39, 0.29) is 23.8 Å². The van der Waals surface area contributed by atoms with Crippen LogP contribution in [0.15, 0.2) is 66.7 Å². The maximum Gasteiger partial charge on any atom is 0.210 e. The number of rotatable bonds is 6. The van der Waals surface area contributed by atoms with E-state index in [1.165, 1.54) is 0 Å². The molecule has 3 rings (SSSR count). The van der Waals surface area contributed by atoms with Crippen LogP contribution in [0, 0.1) is 10.1 Å². The van der Waals surface area contributed by atoms with Gasteiger partial charge in [-0.25, -0.2) is 0 Å². The molecule has 2 aromatic carbocycles.